The summed E-state index contributed by atoms with van der Waals surface area (Å²) in [6, 6.07) is 0. The summed E-state index contributed by atoms with van der Waals surface area (Å²) in [6.45, 7) is 4.77. The maximum absolute atomic E-state index is 5.63. The van der Waals surface area contributed by atoms with E-state index >= 15 is 0 Å². The number of nitrogens with zero attached hydrogens (tertiary/aromatic N) is 1. The summed E-state index contributed by atoms with van der Waals surface area (Å²) in [7, 11) is 0. The number of halogens is 1. The lowest BCUT2D eigenvalue weighted by Crippen LogP contribution is -2.35. The van der Waals surface area contributed by atoms with Crippen LogP contribution in [-0.4, -0.2) is 42.1 Å². The summed E-state index contributed by atoms with van der Waals surface area (Å²) in [5, 5.41) is 0. The van der Waals surface area contributed by atoms with Crippen molar-refractivity contribution < 1.29 is 4.74 Å². The summed E-state index contributed by atoms with van der Waals surface area (Å²) in [5.74, 6) is 0. The molecule has 0 saturated carbocycles. The molecule has 0 aromatic heterocycles. The van der Waals surface area contributed by atoms with Crippen LogP contribution in [0, 0.1) is 0 Å². The molecule has 0 N–H and O–H groups in total. The first-order chi connectivity index (χ1) is 6.84. The van der Waals surface area contributed by atoms with Crippen molar-refractivity contribution >= 4 is 15.9 Å². The molecule has 2 saturated heterocycles. The molecule has 1 unspecified atom stereocenters. The van der Waals surface area contributed by atoms with E-state index in [0.717, 1.165) is 11.4 Å². The van der Waals surface area contributed by atoms with Crippen LogP contribution in [0.5, 0.6) is 0 Å². The van der Waals surface area contributed by atoms with Gasteiger partial charge in [-0.1, -0.05) is 15.9 Å². The molecule has 2 nitrogen and oxygen atoms in total. The number of hydrogen-bond acceptors (Lipinski definition) is 2. The van der Waals surface area contributed by atoms with Gasteiger partial charge in [0.2, 0.25) is 0 Å². The molecule has 0 aliphatic carbocycles. The quantitative estimate of drug-likeness (QED) is 0.724. The summed E-state index contributed by atoms with van der Waals surface area (Å²) < 4.78 is 5.63. The Morgan fingerprint density at radius 3 is 2.64 bits per heavy atom. The van der Waals surface area contributed by atoms with E-state index < -0.39 is 0 Å². The summed E-state index contributed by atoms with van der Waals surface area (Å²) in [6.07, 6.45) is 6.99. The first kappa shape index (κ1) is 10.9. The predicted molar refractivity (Wildman–Crippen MR) is 62.0 cm³/mol. The second-order valence-electron chi connectivity index (χ2n) is 4.44. The molecule has 3 heteroatoms. The first-order valence-corrected chi connectivity index (χ1v) is 6.74. The Morgan fingerprint density at radius 1 is 1.21 bits per heavy atom. The molecule has 1 atom stereocenters. The molecule has 0 spiro atoms. The molecule has 0 amide bonds. The number of likely N-dealkylation sites (tertiary alicyclic amines) is 1. The smallest absolute Gasteiger partial charge is 0.0588 e. The van der Waals surface area contributed by atoms with Crippen LogP contribution in [0.3, 0.4) is 0 Å². The van der Waals surface area contributed by atoms with Gasteiger partial charge in [-0.05, 0) is 45.2 Å². The highest BCUT2D eigenvalue weighted by atomic mass is 79.9. The van der Waals surface area contributed by atoms with Gasteiger partial charge in [-0.2, -0.15) is 0 Å². The average molecular weight is 262 g/mol. The van der Waals surface area contributed by atoms with Gasteiger partial charge in [0.05, 0.1) is 6.10 Å². The van der Waals surface area contributed by atoms with Gasteiger partial charge in [0.25, 0.3) is 0 Å². The fraction of sp³-hybridized carbons (Fsp3) is 1.00. The predicted octanol–water partition coefficient (Wildman–Crippen LogP) is 2.41. The van der Waals surface area contributed by atoms with E-state index in [9.17, 15) is 0 Å². The van der Waals surface area contributed by atoms with Crippen molar-refractivity contribution in [2.24, 2.45) is 0 Å². The molecule has 2 aliphatic heterocycles. The topological polar surface area (TPSA) is 12.5 Å². The van der Waals surface area contributed by atoms with Crippen LogP contribution in [0.1, 0.15) is 32.1 Å². The first-order valence-electron chi connectivity index (χ1n) is 5.82. The number of rotatable bonds is 3. The van der Waals surface area contributed by atoms with Crippen LogP contribution in [-0.2, 0) is 4.74 Å². The molecule has 0 radical (unpaired) electrons. The van der Waals surface area contributed by atoms with Crippen molar-refractivity contribution in [1.82, 2.24) is 4.90 Å². The zero-order valence-electron chi connectivity index (χ0n) is 8.75. The van der Waals surface area contributed by atoms with Crippen molar-refractivity contribution in [3.8, 4) is 0 Å². The Labute approximate surface area is 95.1 Å². The molecule has 0 aromatic rings. The second kappa shape index (κ2) is 5.47. The van der Waals surface area contributed by atoms with Gasteiger partial charge in [0, 0.05) is 18.0 Å². The van der Waals surface area contributed by atoms with Crippen molar-refractivity contribution in [3.05, 3.63) is 0 Å². The lowest BCUT2D eigenvalue weighted by Gasteiger charge is -2.29. The number of ether oxygens (including phenoxy) is 1. The molecule has 82 valence electrons. The zero-order chi connectivity index (χ0) is 9.80. The molecule has 14 heavy (non-hydrogen) atoms. The Morgan fingerprint density at radius 2 is 2.00 bits per heavy atom. The van der Waals surface area contributed by atoms with Crippen LogP contribution in [0.2, 0.25) is 0 Å². The van der Waals surface area contributed by atoms with Gasteiger partial charge in [0.15, 0.2) is 0 Å². The van der Waals surface area contributed by atoms with Crippen LogP contribution in [0.4, 0.5) is 0 Å². The summed E-state index contributed by atoms with van der Waals surface area (Å²) >= 11 is 3.68. The number of hydrogen-bond donors (Lipinski definition) is 0. The van der Waals surface area contributed by atoms with Gasteiger partial charge in [-0.25, -0.2) is 0 Å². The van der Waals surface area contributed by atoms with E-state index in [4.69, 9.17) is 4.74 Å². The third-order valence-electron chi connectivity index (χ3n) is 3.31. The van der Waals surface area contributed by atoms with Crippen molar-refractivity contribution in [2.75, 3.05) is 26.2 Å². The lowest BCUT2D eigenvalue weighted by molar-refractivity contribution is 0.0893. The molecule has 2 heterocycles. The normalized spacial score (nSPS) is 31.1. The molecule has 2 aliphatic rings. The van der Waals surface area contributed by atoms with Gasteiger partial charge in [0.1, 0.15) is 0 Å². The highest BCUT2D eigenvalue weighted by molar-refractivity contribution is 9.09. The largest absolute Gasteiger partial charge is 0.378 e. The third kappa shape index (κ3) is 3.21. The van der Waals surface area contributed by atoms with E-state index in [1.807, 2.05) is 0 Å². The van der Waals surface area contributed by atoms with Gasteiger partial charge < -0.3 is 9.64 Å². The van der Waals surface area contributed by atoms with Crippen molar-refractivity contribution in [1.29, 1.82) is 0 Å². The standard InChI is InChI=1S/C11H20BrNO/c12-10-3-6-13(7-4-10)8-5-11-2-1-9-14-11/h10-11H,1-9H2. The Bertz CT molecular complexity index is 163. The zero-order valence-corrected chi connectivity index (χ0v) is 10.3. The monoisotopic (exact) mass is 261 g/mol. The summed E-state index contributed by atoms with van der Waals surface area (Å²) in [4.78, 5) is 3.35. The maximum atomic E-state index is 5.63. The Hall–Kier alpha value is 0.400. The number of piperidine rings is 1. The maximum Gasteiger partial charge on any atom is 0.0588 e. The van der Waals surface area contributed by atoms with Crippen LogP contribution >= 0.6 is 15.9 Å². The average Bonchev–Trinajstić information content (AvgIpc) is 2.70. The van der Waals surface area contributed by atoms with Crippen LogP contribution < -0.4 is 0 Å². The summed E-state index contributed by atoms with van der Waals surface area (Å²) in [5.41, 5.74) is 0. The van der Waals surface area contributed by atoms with Crippen molar-refractivity contribution in [3.63, 3.8) is 0 Å². The SMILES string of the molecule is BrC1CCN(CCC2CCCO2)CC1. The minimum absolute atomic E-state index is 0.566. The van der Waals surface area contributed by atoms with Gasteiger partial charge >= 0.3 is 0 Å². The van der Waals surface area contributed by atoms with E-state index in [1.165, 1.54) is 51.7 Å². The van der Waals surface area contributed by atoms with Crippen LogP contribution in [0.25, 0.3) is 0 Å². The second-order valence-corrected chi connectivity index (χ2v) is 5.73. The molecule has 0 bridgehead atoms. The molecule has 0 aromatic carbocycles. The van der Waals surface area contributed by atoms with E-state index in [-0.39, 0.29) is 0 Å². The van der Waals surface area contributed by atoms with Gasteiger partial charge in [-0.3, -0.25) is 0 Å². The van der Waals surface area contributed by atoms with E-state index in [1.54, 1.807) is 0 Å². The van der Waals surface area contributed by atoms with Crippen molar-refractivity contribution in [2.45, 2.75) is 43.0 Å². The minimum Gasteiger partial charge on any atom is -0.378 e. The highest BCUT2D eigenvalue weighted by Crippen LogP contribution is 2.20. The van der Waals surface area contributed by atoms with Gasteiger partial charge in [-0.15, -0.1) is 0 Å². The Kier molecular flexibility index (Phi) is 4.26. The van der Waals surface area contributed by atoms with Crippen LogP contribution in [0.15, 0.2) is 0 Å². The fourth-order valence-electron chi connectivity index (χ4n) is 2.32. The number of alkyl halides is 1. The molecular formula is C11H20BrNO. The fourth-order valence-corrected chi connectivity index (χ4v) is 2.73. The molecule has 2 rings (SSSR count). The highest BCUT2D eigenvalue weighted by Gasteiger charge is 2.19. The molecule has 2 fully saturated rings. The Balaban J connectivity index is 1.60. The van der Waals surface area contributed by atoms with E-state index in [0.29, 0.717) is 6.10 Å². The third-order valence-corrected chi connectivity index (χ3v) is 4.22. The lowest BCUT2D eigenvalue weighted by atomic mass is 10.1. The molecular weight excluding hydrogens is 242 g/mol. The minimum atomic E-state index is 0.566. The van der Waals surface area contributed by atoms with E-state index in [2.05, 4.69) is 20.8 Å².